The fourth-order valence-corrected chi connectivity index (χ4v) is 2.62. The maximum atomic E-state index is 12.4. The molecule has 0 heterocycles. The van der Waals surface area contributed by atoms with Crippen molar-refractivity contribution in [3.05, 3.63) is 63.6 Å². The number of carbonyl (C=O) groups is 1. The van der Waals surface area contributed by atoms with Gasteiger partial charge in [-0.05, 0) is 36.6 Å². The minimum Gasteiger partial charge on any atom is -0.289 e. The number of benzene rings is 2. The smallest absolute Gasteiger partial charge is 0.195 e. The van der Waals surface area contributed by atoms with Crippen LogP contribution in [-0.2, 0) is 0 Å². The molecular formula is C14H10Cl2OS. The molecule has 0 spiro atoms. The molecule has 0 unspecified atom stereocenters. The molecule has 0 amide bonds. The third kappa shape index (κ3) is 2.72. The Balaban J connectivity index is 2.51. The molecule has 4 heteroatoms. The number of carbonyl (C=O) groups excluding carboxylic acids is 1. The number of hydrogen-bond acceptors (Lipinski definition) is 2. The molecule has 0 atom stereocenters. The normalized spacial score (nSPS) is 10.4. The molecular weight excluding hydrogens is 287 g/mol. The second-order valence-corrected chi connectivity index (χ2v) is 5.35. The fourth-order valence-electron chi connectivity index (χ4n) is 1.65. The zero-order chi connectivity index (χ0) is 13.1. The standard InChI is InChI=1S/C14H10Cl2OS/c1-18-13-5-3-2-4-10(13)14(17)11-8-9(15)6-7-12(11)16/h2-8H,1H3. The lowest BCUT2D eigenvalue weighted by atomic mass is 10.0. The van der Waals surface area contributed by atoms with Crippen molar-refractivity contribution in [2.24, 2.45) is 0 Å². The van der Waals surface area contributed by atoms with Crippen molar-refractivity contribution in [1.29, 1.82) is 0 Å². The highest BCUT2D eigenvalue weighted by Crippen LogP contribution is 2.27. The number of halogens is 2. The summed E-state index contributed by atoms with van der Waals surface area (Å²) in [5.41, 5.74) is 1.08. The van der Waals surface area contributed by atoms with Crippen LogP contribution in [0.4, 0.5) is 0 Å². The molecule has 0 saturated carbocycles. The molecule has 0 bridgehead atoms. The zero-order valence-corrected chi connectivity index (χ0v) is 11.9. The van der Waals surface area contributed by atoms with Crippen LogP contribution in [0.2, 0.25) is 10.0 Å². The van der Waals surface area contributed by atoms with Crippen molar-refractivity contribution in [3.8, 4) is 0 Å². The molecule has 0 saturated heterocycles. The minimum atomic E-state index is -0.104. The Morgan fingerprint density at radius 3 is 2.50 bits per heavy atom. The molecule has 0 aliphatic heterocycles. The van der Waals surface area contributed by atoms with Gasteiger partial charge >= 0.3 is 0 Å². The Morgan fingerprint density at radius 1 is 1.06 bits per heavy atom. The lowest BCUT2D eigenvalue weighted by Crippen LogP contribution is -2.03. The van der Waals surface area contributed by atoms with E-state index in [0.29, 0.717) is 21.2 Å². The van der Waals surface area contributed by atoms with Crippen LogP contribution in [0.15, 0.2) is 47.4 Å². The van der Waals surface area contributed by atoms with E-state index in [1.807, 2.05) is 24.5 Å². The molecule has 92 valence electrons. The topological polar surface area (TPSA) is 17.1 Å². The molecule has 2 rings (SSSR count). The monoisotopic (exact) mass is 296 g/mol. The largest absolute Gasteiger partial charge is 0.289 e. The van der Waals surface area contributed by atoms with Crippen LogP contribution >= 0.6 is 35.0 Å². The first kappa shape index (κ1) is 13.5. The molecule has 18 heavy (non-hydrogen) atoms. The fraction of sp³-hybridized carbons (Fsp3) is 0.0714. The van der Waals surface area contributed by atoms with Gasteiger partial charge < -0.3 is 0 Å². The number of rotatable bonds is 3. The van der Waals surface area contributed by atoms with Crippen molar-refractivity contribution >= 4 is 40.7 Å². The Hall–Kier alpha value is -0.960. The van der Waals surface area contributed by atoms with E-state index >= 15 is 0 Å². The summed E-state index contributed by atoms with van der Waals surface area (Å²) in [6.07, 6.45) is 1.94. The van der Waals surface area contributed by atoms with Crippen LogP contribution in [-0.4, -0.2) is 12.0 Å². The SMILES string of the molecule is CSc1ccccc1C(=O)c1cc(Cl)ccc1Cl. The van der Waals surface area contributed by atoms with E-state index in [9.17, 15) is 4.79 Å². The Morgan fingerprint density at radius 2 is 1.78 bits per heavy atom. The Bertz CT molecular complexity index is 596. The van der Waals surface area contributed by atoms with E-state index in [-0.39, 0.29) is 5.78 Å². The average Bonchev–Trinajstić information content (AvgIpc) is 2.40. The van der Waals surface area contributed by atoms with E-state index in [2.05, 4.69) is 0 Å². The molecule has 0 radical (unpaired) electrons. The minimum absolute atomic E-state index is 0.104. The summed E-state index contributed by atoms with van der Waals surface area (Å²) in [5.74, 6) is -0.104. The van der Waals surface area contributed by atoms with Crippen molar-refractivity contribution < 1.29 is 4.79 Å². The van der Waals surface area contributed by atoms with Crippen molar-refractivity contribution in [1.82, 2.24) is 0 Å². The zero-order valence-electron chi connectivity index (χ0n) is 9.61. The molecule has 0 N–H and O–H groups in total. The molecule has 0 aromatic heterocycles. The molecule has 0 aliphatic rings. The van der Waals surface area contributed by atoms with Crippen LogP contribution in [0.1, 0.15) is 15.9 Å². The van der Waals surface area contributed by atoms with Gasteiger partial charge in [-0.1, -0.05) is 35.3 Å². The van der Waals surface area contributed by atoms with Crippen molar-refractivity contribution in [3.63, 3.8) is 0 Å². The summed E-state index contributed by atoms with van der Waals surface area (Å²) in [4.78, 5) is 13.4. The van der Waals surface area contributed by atoms with Gasteiger partial charge in [0.2, 0.25) is 0 Å². The van der Waals surface area contributed by atoms with Gasteiger partial charge in [0.05, 0.1) is 5.02 Å². The van der Waals surface area contributed by atoms with E-state index in [1.54, 1.807) is 24.3 Å². The predicted octanol–water partition coefficient (Wildman–Crippen LogP) is 4.95. The second-order valence-electron chi connectivity index (χ2n) is 3.65. The lowest BCUT2D eigenvalue weighted by Gasteiger charge is -2.08. The van der Waals surface area contributed by atoms with Gasteiger partial charge in [0, 0.05) is 21.0 Å². The quantitative estimate of drug-likeness (QED) is 0.589. The third-order valence-corrected chi connectivity index (χ3v) is 3.89. The van der Waals surface area contributed by atoms with Gasteiger partial charge in [-0.15, -0.1) is 11.8 Å². The third-order valence-electron chi connectivity index (χ3n) is 2.52. The summed E-state index contributed by atoms with van der Waals surface area (Å²) >= 11 is 13.5. The highest BCUT2D eigenvalue weighted by molar-refractivity contribution is 7.98. The van der Waals surface area contributed by atoms with Crippen LogP contribution < -0.4 is 0 Å². The van der Waals surface area contributed by atoms with Crippen LogP contribution in [0.3, 0.4) is 0 Å². The molecule has 2 aromatic rings. The van der Waals surface area contributed by atoms with Gasteiger partial charge in [-0.2, -0.15) is 0 Å². The number of thioether (sulfide) groups is 1. The molecule has 0 aliphatic carbocycles. The maximum Gasteiger partial charge on any atom is 0.195 e. The summed E-state index contributed by atoms with van der Waals surface area (Å²) in [6.45, 7) is 0. The summed E-state index contributed by atoms with van der Waals surface area (Å²) in [6, 6.07) is 12.4. The molecule has 1 nitrogen and oxygen atoms in total. The summed E-state index contributed by atoms with van der Waals surface area (Å²) < 4.78 is 0. The van der Waals surface area contributed by atoms with Crippen LogP contribution in [0, 0.1) is 0 Å². The van der Waals surface area contributed by atoms with Crippen molar-refractivity contribution in [2.45, 2.75) is 4.90 Å². The highest BCUT2D eigenvalue weighted by Gasteiger charge is 2.16. The summed E-state index contributed by atoms with van der Waals surface area (Å²) in [5, 5.41) is 0.921. The van der Waals surface area contributed by atoms with Gasteiger partial charge in [0.15, 0.2) is 5.78 Å². The van der Waals surface area contributed by atoms with Gasteiger partial charge in [-0.25, -0.2) is 0 Å². The van der Waals surface area contributed by atoms with E-state index < -0.39 is 0 Å². The van der Waals surface area contributed by atoms with E-state index in [4.69, 9.17) is 23.2 Å². The number of hydrogen-bond donors (Lipinski definition) is 0. The average molecular weight is 297 g/mol. The van der Waals surface area contributed by atoms with Gasteiger partial charge in [-0.3, -0.25) is 4.79 Å². The predicted molar refractivity (Wildman–Crippen MR) is 78.1 cm³/mol. The first-order valence-corrected chi connectivity index (χ1v) is 7.24. The van der Waals surface area contributed by atoms with Gasteiger partial charge in [0.1, 0.15) is 0 Å². The van der Waals surface area contributed by atoms with Gasteiger partial charge in [0.25, 0.3) is 0 Å². The first-order chi connectivity index (χ1) is 8.63. The summed E-state index contributed by atoms with van der Waals surface area (Å²) in [7, 11) is 0. The Kier molecular flexibility index (Phi) is 4.33. The van der Waals surface area contributed by atoms with Crippen LogP contribution in [0.5, 0.6) is 0 Å². The molecule has 0 fully saturated rings. The van der Waals surface area contributed by atoms with E-state index in [1.165, 1.54) is 11.8 Å². The van der Waals surface area contributed by atoms with E-state index in [0.717, 1.165) is 4.90 Å². The van der Waals surface area contributed by atoms with Crippen LogP contribution in [0.25, 0.3) is 0 Å². The highest BCUT2D eigenvalue weighted by atomic mass is 35.5. The maximum absolute atomic E-state index is 12.4. The lowest BCUT2D eigenvalue weighted by molar-refractivity contribution is 0.103. The number of ketones is 1. The first-order valence-electron chi connectivity index (χ1n) is 5.26. The molecule has 2 aromatic carbocycles. The Labute approximate surface area is 120 Å². The van der Waals surface area contributed by atoms with Crippen molar-refractivity contribution in [2.75, 3.05) is 6.26 Å². The second kappa shape index (κ2) is 5.79.